The fourth-order valence-corrected chi connectivity index (χ4v) is 0.824. The summed E-state index contributed by atoms with van der Waals surface area (Å²) in [7, 11) is 1.63. The van der Waals surface area contributed by atoms with Gasteiger partial charge in [-0.05, 0) is 20.3 Å². The van der Waals surface area contributed by atoms with E-state index in [-0.39, 0.29) is 12.1 Å². The van der Waals surface area contributed by atoms with Gasteiger partial charge in [-0.2, -0.15) is 0 Å². The highest BCUT2D eigenvalue weighted by Crippen LogP contribution is 1.97. The van der Waals surface area contributed by atoms with Gasteiger partial charge in [-0.1, -0.05) is 6.92 Å². The number of hydrogen-bond donors (Lipinski definition) is 2. The third-order valence-electron chi connectivity index (χ3n) is 2.10. The van der Waals surface area contributed by atoms with Gasteiger partial charge in [0.1, 0.15) is 6.04 Å². The predicted octanol–water partition coefficient (Wildman–Crippen LogP) is 0.899. The molecule has 0 bridgehead atoms. The quantitative estimate of drug-likeness (QED) is 0.711. The van der Waals surface area contributed by atoms with Gasteiger partial charge in [-0.25, -0.2) is 9.59 Å². The van der Waals surface area contributed by atoms with E-state index in [9.17, 15) is 9.59 Å². The monoisotopic (exact) mass is 202 g/mol. The third-order valence-corrected chi connectivity index (χ3v) is 2.10. The lowest BCUT2D eigenvalue weighted by Crippen LogP contribution is -2.48. The molecule has 2 N–H and O–H groups in total. The lowest BCUT2D eigenvalue weighted by Gasteiger charge is -2.23. The molecule has 82 valence electrons. The number of carbonyl (C=O) groups is 2. The predicted molar refractivity (Wildman–Crippen MR) is 53.1 cm³/mol. The number of urea groups is 1. The van der Waals surface area contributed by atoms with Gasteiger partial charge in [0.15, 0.2) is 0 Å². The van der Waals surface area contributed by atoms with Gasteiger partial charge >= 0.3 is 12.0 Å². The standard InChI is InChI=1S/C9H18N2O3/c1-5-7(8(12)13)10-9(14)11(4)6(2)3/h6-7H,5H2,1-4H3,(H,10,14)(H,12,13)/t7-/m0/s1. The van der Waals surface area contributed by atoms with Crippen LogP contribution in [0.15, 0.2) is 0 Å². The van der Waals surface area contributed by atoms with Gasteiger partial charge in [0.25, 0.3) is 0 Å². The molecule has 0 unspecified atom stereocenters. The Kier molecular flexibility index (Phi) is 4.97. The Morgan fingerprint density at radius 2 is 1.93 bits per heavy atom. The van der Waals surface area contributed by atoms with Crippen molar-refractivity contribution in [1.29, 1.82) is 0 Å². The smallest absolute Gasteiger partial charge is 0.326 e. The number of carbonyl (C=O) groups excluding carboxylic acids is 1. The molecule has 0 aliphatic carbocycles. The Hall–Kier alpha value is -1.26. The fraction of sp³-hybridized carbons (Fsp3) is 0.778. The van der Waals surface area contributed by atoms with Crippen LogP contribution in [0.1, 0.15) is 27.2 Å². The Morgan fingerprint density at radius 1 is 1.43 bits per heavy atom. The number of hydrogen-bond acceptors (Lipinski definition) is 2. The first kappa shape index (κ1) is 12.7. The highest BCUT2D eigenvalue weighted by molar-refractivity contribution is 5.82. The van der Waals surface area contributed by atoms with Crippen molar-refractivity contribution in [3.8, 4) is 0 Å². The molecule has 0 rings (SSSR count). The maximum Gasteiger partial charge on any atom is 0.326 e. The number of amides is 2. The van der Waals surface area contributed by atoms with Gasteiger partial charge in [0, 0.05) is 13.1 Å². The zero-order valence-electron chi connectivity index (χ0n) is 9.07. The third kappa shape index (κ3) is 3.64. The number of aliphatic carboxylic acids is 1. The molecule has 0 aromatic heterocycles. The molecule has 2 amide bonds. The van der Waals surface area contributed by atoms with E-state index in [1.165, 1.54) is 4.90 Å². The second-order valence-electron chi connectivity index (χ2n) is 3.45. The van der Waals surface area contributed by atoms with E-state index in [4.69, 9.17) is 5.11 Å². The zero-order chi connectivity index (χ0) is 11.3. The Bertz CT molecular complexity index is 216. The summed E-state index contributed by atoms with van der Waals surface area (Å²) in [6.07, 6.45) is 0.382. The minimum absolute atomic E-state index is 0.0568. The summed E-state index contributed by atoms with van der Waals surface area (Å²) in [6.45, 7) is 5.44. The molecule has 0 saturated heterocycles. The van der Waals surface area contributed by atoms with Gasteiger partial charge in [-0.15, -0.1) is 0 Å². The first-order chi connectivity index (χ1) is 6.40. The summed E-state index contributed by atoms with van der Waals surface area (Å²) >= 11 is 0. The second kappa shape index (κ2) is 5.47. The topological polar surface area (TPSA) is 69.6 Å². The van der Waals surface area contributed by atoms with E-state index in [1.54, 1.807) is 14.0 Å². The molecule has 0 heterocycles. The molecule has 0 aromatic rings. The van der Waals surface area contributed by atoms with Crippen molar-refractivity contribution in [1.82, 2.24) is 10.2 Å². The molecule has 0 saturated carbocycles. The van der Waals surface area contributed by atoms with Crippen molar-refractivity contribution in [3.05, 3.63) is 0 Å². The minimum atomic E-state index is -1.00. The normalized spacial score (nSPS) is 12.4. The van der Waals surface area contributed by atoms with Crippen LogP contribution in [0.3, 0.4) is 0 Å². The summed E-state index contributed by atoms with van der Waals surface area (Å²) in [4.78, 5) is 23.5. The van der Waals surface area contributed by atoms with Gasteiger partial charge < -0.3 is 15.3 Å². The second-order valence-corrected chi connectivity index (χ2v) is 3.45. The molecule has 0 fully saturated rings. The van der Waals surface area contributed by atoms with Crippen molar-refractivity contribution in [2.45, 2.75) is 39.3 Å². The molecule has 5 nitrogen and oxygen atoms in total. The molecule has 5 heteroatoms. The van der Waals surface area contributed by atoms with Crippen LogP contribution < -0.4 is 5.32 Å². The van der Waals surface area contributed by atoms with Gasteiger partial charge in [0.05, 0.1) is 0 Å². The van der Waals surface area contributed by atoms with E-state index in [0.29, 0.717) is 6.42 Å². The van der Waals surface area contributed by atoms with Crippen molar-refractivity contribution >= 4 is 12.0 Å². The molecule has 0 aliphatic rings. The van der Waals surface area contributed by atoms with Crippen LogP contribution in [0.25, 0.3) is 0 Å². The number of nitrogens with one attached hydrogen (secondary N) is 1. The molecule has 0 radical (unpaired) electrons. The fourth-order valence-electron chi connectivity index (χ4n) is 0.824. The lowest BCUT2D eigenvalue weighted by atomic mass is 10.2. The largest absolute Gasteiger partial charge is 0.480 e. The Balaban J connectivity index is 4.22. The van der Waals surface area contributed by atoms with Crippen LogP contribution in [0, 0.1) is 0 Å². The minimum Gasteiger partial charge on any atom is -0.480 e. The first-order valence-corrected chi connectivity index (χ1v) is 4.66. The molecule has 0 aromatic carbocycles. The lowest BCUT2D eigenvalue weighted by molar-refractivity contribution is -0.139. The zero-order valence-corrected chi connectivity index (χ0v) is 9.07. The molecule has 14 heavy (non-hydrogen) atoms. The molecular weight excluding hydrogens is 184 g/mol. The van der Waals surface area contributed by atoms with Crippen molar-refractivity contribution in [2.24, 2.45) is 0 Å². The van der Waals surface area contributed by atoms with Crippen LogP contribution in [0.4, 0.5) is 4.79 Å². The first-order valence-electron chi connectivity index (χ1n) is 4.66. The number of nitrogens with zero attached hydrogens (tertiary/aromatic N) is 1. The summed E-state index contributed by atoms with van der Waals surface area (Å²) in [6, 6.07) is -1.10. The Labute approximate surface area is 84.1 Å². The summed E-state index contributed by atoms with van der Waals surface area (Å²) in [5, 5.41) is 11.1. The molecule has 0 aliphatic heterocycles. The van der Waals surface area contributed by atoms with E-state index < -0.39 is 12.0 Å². The Morgan fingerprint density at radius 3 is 2.21 bits per heavy atom. The molecule has 1 atom stereocenters. The maximum atomic E-state index is 11.4. The van der Waals surface area contributed by atoms with Crippen LogP contribution in [0.2, 0.25) is 0 Å². The van der Waals surface area contributed by atoms with Gasteiger partial charge in [0.2, 0.25) is 0 Å². The van der Waals surface area contributed by atoms with Crippen molar-refractivity contribution < 1.29 is 14.7 Å². The molecule has 0 spiro atoms. The maximum absolute atomic E-state index is 11.4. The van der Waals surface area contributed by atoms with Crippen molar-refractivity contribution in [2.75, 3.05) is 7.05 Å². The average Bonchev–Trinajstić information content (AvgIpc) is 2.11. The highest BCUT2D eigenvalue weighted by Gasteiger charge is 2.20. The summed E-state index contributed by atoms with van der Waals surface area (Å²) < 4.78 is 0. The van der Waals surface area contributed by atoms with Crippen LogP contribution in [0.5, 0.6) is 0 Å². The van der Waals surface area contributed by atoms with E-state index in [1.807, 2.05) is 13.8 Å². The van der Waals surface area contributed by atoms with E-state index in [0.717, 1.165) is 0 Å². The summed E-state index contributed by atoms with van der Waals surface area (Å²) in [5.41, 5.74) is 0. The van der Waals surface area contributed by atoms with E-state index in [2.05, 4.69) is 5.32 Å². The van der Waals surface area contributed by atoms with Crippen LogP contribution >= 0.6 is 0 Å². The van der Waals surface area contributed by atoms with Crippen LogP contribution in [-0.2, 0) is 4.79 Å². The number of rotatable bonds is 4. The average molecular weight is 202 g/mol. The van der Waals surface area contributed by atoms with Gasteiger partial charge in [-0.3, -0.25) is 0 Å². The van der Waals surface area contributed by atoms with Crippen LogP contribution in [-0.4, -0.2) is 41.1 Å². The highest BCUT2D eigenvalue weighted by atomic mass is 16.4. The summed E-state index contributed by atoms with van der Waals surface area (Å²) in [5.74, 6) is -1.00. The SMILES string of the molecule is CC[C@H](NC(=O)N(C)C(C)C)C(=O)O. The number of carboxylic acid groups (broad SMARTS) is 1. The number of carboxylic acids is 1. The van der Waals surface area contributed by atoms with Crippen molar-refractivity contribution in [3.63, 3.8) is 0 Å². The molecular formula is C9H18N2O3. The van der Waals surface area contributed by atoms with E-state index >= 15 is 0 Å².